The van der Waals surface area contributed by atoms with Crippen molar-refractivity contribution in [1.29, 1.82) is 0 Å². The molecule has 10 heterocycles. The van der Waals surface area contributed by atoms with Gasteiger partial charge in [-0.15, -0.1) is 0 Å². The van der Waals surface area contributed by atoms with Gasteiger partial charge >= 0.3 is 0 Å². The fraction of sp³-hybridized carbons (Fsp3) is 0.121. The number of aromatic nitrogens is 4. The highest BCUT2D eigenvalue weighted by molar-refractivity contribution is 7.17. The second-order valence-corrected chi connectivity index (χ2v) is 39.3. The Labute approximate surface area is 605 Å². The number of aryl methyl sites for hydroxylation is 3. The zero-order chi connectivity index (χ0) is 69.4. The molecule has 0 unspecified atom stereocenters. The average Bonchev–Trinajstić information content (AvgIpc) is 0.673. The minimum absolute atomic E-state index is 0.00503. The number of hydrogen-bond donors (Lipinski definition) is 0. The van der Waals surface area contributed by atoms with Crippen LogP contribution in [0, 0.1) is 13.8 Å². The van der Waals surface area contributed by atoms with E-state index in [0.29, 0.717) is 0 Å². The highest BCUT2D eigenvalue weighted by Crippen LogP contribution is 2.53. The van der Waals surface area contributed by atoms with Crippen LogP contribution in [0.1, 0.15) is 43.0 Å². The van der Waals surface area contributed by atoms with Crippen molar-refractivity contribution in [3.8, 4) is 45.0 Å². The Hall–Kier alpha value is -11.4. The van der Waals surface area contributed by atoms with E-state index < -0.39 is 16.1 Å². The lowest BCUT2D eigenvalue weighted by molar-refractivity contribution is 0.590. The van der Waals surface area contributed by atoms with Gasteiger partial charge in [0.05, 0.1) is 45.5 Å². The normalized spacial score (nSPS) is 14.7. The molecule has 0 aliphatic carbocycles. The zero-order valence-electron chi connectivity index (χ0n) is 59.2. The molecule has 0 bridgehead atoms. The fourth-order valence-electron chi connectivity index (χ4n) is 18.8. The van der Waals surface area contributed by atoms with Crippen molar-refractivity contribution in [3.63, 3.8) is 0 Å². The maximum Gasteiger partial charge on any atom is 0.251 e. The maximum absolute atomic E-state index is 5.13. The fourth-order valence-corrected chi connectivity index (χ4v) is 26.3. The molecule has 20 rings (SSSR count). The van der Waals surface area contributed by atoms with Crippen molar-refractivity contribution in [2.45, 2.75) is 72.1 Å². The Balaban J connectivity index is 0.851. The van der Waals surface area contributed by atoms with Crippen molar-refractivity contribution in [1.82, 2.24) is 19.9 Å². The summed E-state index contributed by atoms with van der Waals surface area (Å²) in [6.07, 6.45) is 8.55. The molecule has 6 aliphatic heterocycles. The summed E-state index contributed by atoms with van der Waals surface area (Å²) in [5, 5.41) is 6.00. The number of anilines is 12. The molecule has 0 saturated carbocycles. The van der Waals surface area contributed by atoms with Crippen LogP contribution in [0.4, 0.5) is 68.2 Å². The molecular formula is C91H74B2N8Si2. The van der Waals surface area contributed by atoms with Gasteiger partial charge < -0.3 is 19.6 Å². The van der Waals surface area contributed by atoms with Crippen molar-refractivity contribution < 1.29 is 0 Å². The van der Waals surface area contributed by atoms with Crippen LogP contribution in [0.15, 0.2) is 280 Å². The predicted octanol–water partition coefficient (Wildman–Crippen LogP) is 15.9. The number of hydrogen-bond acceptors (Lipinski definition) is 8. The summed E-state index contributed by atoms with van der Waals surface area (Å²) in [7, 11) is -5.25. The lowest BCUT2D eigenvalue weighted by atomic mass is 9.33. The molecule has 6 aliphatic rings. The van der Waals surface area contributed by atoms with Crippen LogP contribution in [0.5, 0.6) is 0 Å². The molecule has 4 aromatic heterocycles. The van der Waals surface area contributed by atoms with Gasteiger partial charge in [-0.25, -0.2) is 0 Å². The van der Waals surface area contributed by atoms with E-state index in [1.165, 1.54) is 121 Å². The molecule has 0 N–H and O–H groups in total. The van der Waals surface area contributed by atoms with E-state index in [9.17, 15) is 0 Å². The summed E-state index contributed by atoms with van der Waals surface area (Å²) in [4.78, 5) is 31.0. The van der Waals surface area contributed by atoms with Crippen molar-refractivity contribution in [2.24, 2.45) is 0 Å². The van der Waals surface area contributed by atoms with Crippen LogP contribution in [0.3, 0.4) is 0 Å². The Bertz CT molecular complexity index is 5550. The van der Waals surface area contributed by atoms with E-state index in [1.807, 2.05) is 49.1 Å². The van der Waals surface area contributed by atoms with Crippen LogP contribution < -0.4 is 73.1 Å². The van der Waals surface area contributed by atoms with Gasteiger partial charge in [0.1, 0.15) is 16.1 Å². The molecule has 0 spiro atoms. The topological polar surface area (TPSA) is 64.5 Å². The lowest BCUT2D eigenvalue weighted by Crippen LogP contribution is -2.80. The van der Waals surface area contributed by atoms with Gasteiger partial charge in [-0.3, -0.25) is 19.9 Å². The SMILES string of the molecule is Cc1ccc(N2c3cc(CC[Si]4(C)c5cccc6c5B5c7c(cc(C(C)(C)C)cc7N(c7ccccc7-c7ccccn7)c7cccc4c75)N6c4ccccc4-c4ccccn4)cc4c3B3c5c2cccc5[Si](C)(C)c2cccc(c23)N4c2ccc(C)cc2-c2ccccn2)c(-c2ccccn2)c1. The summed E-state index contributed by atoms with van der Waals surface area (Å²) in [6.45, 7) is 19.3. The number of benzene rings is 10. The minimum Gasteiger partial charge on any atom is -0.311 e. The summed E-state index contributed by atoms with van der Waals surface area (Å²) in [5.74, 6) is 0. The molecule has 14 aromatic rings. The zero-order valence-corrected chi connectivity index (χ0v) is 61.2. The lowest BCUT2D eigenvalue weighted by Gasteiger charge is -2.51. The summed E-state index contributed by atoms with van der Waals surface area (Å²) >= 11 is 0. The van der Waals surface area contributed by atoms with Crippen LogP contribution >= 0.6 is 0 Å². The van der Waals surface area contributed by atoms with Gasteiger partial charge in [-0.05, 0) is 209 Å². The summed E-state index contributed by atoms with van der Waals surface area (Å²) < 4.78 is 0. The first kappa shape index (κ1) is 61.4. The van der Waals surface area contributed by atoms with E-state index in [-0.39, 0.29) is 18.8 Å². The first-order chi connectivity index (χ1) is 50.2. The molecule has 0 fully saturated rings. The van der Waals surface area contributed by atoms with E-state index in [1.54, 1.807) is 0 Å². The van der Waals surface area contributed by atoms with Crippen LogP contribution in [0.25, 0.3) is 45.0 Å². The predicted molar refractivity (Wildman–Crippen MR) is 438 cm³/mol. The largest absolute Gasteiger partial charge is 0.311 e. The quantitative estimate of drug-likeness (QED) is 0.119. The summed E-state index contributed by atoms with van der Waals surface area (Å²) in [5.41, 5.74) is 35.6. The van der Waals surface area contributed by atoms with E-state index in [2.05, 4.69) is 304 Å². The van der Waals surface area contributed by atoms with Gasteiger partial charge in [-0.1, -0.05) is 194 Å². The molecule has 0 radical (unpaired) electrons. The van der Waals surface area contributed by atoms with E-state index in [4.69, 9.17) is 19.9 Å². The Morgan fingerprint density at radius 2 is 0.641 bits per heavy atom. The molecule has 0 atom stereocenters. The first-order valence-corrected chi connectivity index (χ1v) is 42.1. The molecule has 10 aromatic carbocycles. The number of nitrogens with zero attached hydrogens (tertiary/aromatic N) is 8. The highest BCUT2D eigenvalue weighted by atomic mass is 28.3. The Morgan fingerprint density at radius 1 is 0.311 bits per heavy atom. The third-order valence-electron chi connectivity index (χ3n) is 23.5. The van der Waals surface area contributed by atoms with E-state index in [0.717, 1.165) is 80.2 Å². The third kappa shape index (κ3) is 9.02. The summed E-state index contributed by atoms with van der Waals surface area (Å²) in [6, 6.07) is 97.7. The molecule has 0 saturated heterocycles. The van der Waals surface area contributed by atoms with Crippen molar-refractivity contribution in [2.75, 3.05) is 19.6 Å². The molecular weight excluding hydrogens is 1280 g/mol. The Morgan fingerprint density at radius 3 is 1.02 bits per heavy atom. The standard InChI is InChI=1S/C91H74B2N8Si2/c1-57-41-43-71(63(51-57)67-29-15-19-48-96-67)100-73-33-21-37-81-87(73)92-85-77(100)53-59(54-78(85)101(74-34-22-38-82(88(74)92)102(81,6)7)72-44-42-58(2)52-64(72)68-30-16-20-49-97-68)45-50-103(8)83-39-23-35-75-89(83)93-86-79(98(75)69-31-11-9-25-61(69)65-27-13-17-46-94-65)55-60(91(3,4)5)56-80(86)99(76-36-24-40-84(103)90(76)93)70-32-12-10-26-62(70)66-28-14-18-47-95-66/h9-44,46-49,51-56H,45,50H2,1-8H3. The second kappa shape index (κ2) is 22.8. The first-order valence-electron chi connectivity index (χ1n) is 36.4. The van der Waals surface area contributed by atoms with Crippen molar-refractivity contribution >= 4 is 151 Å². The minimum atomic E-state index is -2.89. The van der Waals surface area contributed by atoms with Crippen molar-refractivity contribution in [3.05, 3.63) is 302 Å². The van der Waals surface area contributed by atoms with Crippen LogP contribution in [0.2, 0.25) is 25.7 Å². The highest BCUT2D eigenvalue weighted by Gasteiger charge is 2.55. The van der Waals surface area contributed by atoms with Gasteiger partial charge in [0.25, 0.3) is 13.4 Å². The van der Waals surface area contributed by atoms with Crippen LogP contribution in [-0.4, -0.2) is 49.5 Å². The molecule has 492 valence electrons. The molecule has 103 heavy (non-hydrogen) atoms. The molecule has 12 heteroatoms. The van der Waals surface area contributed by atoms with Gasteiger partial charge in [0, 0.05) is 92.5 Å². The van der Waals surface area contributed by atoms with E-state index >= 15 is 0 Å². The average molecular weight is 1360 g/mol. The second-order valence-electron chi connectivity index (χ2n) is 30.8. The van der Waals surface area contributed by atoms with Gasteiger partial charge in [0.15, 0.2) is 0 Å². The van der Waals surface area contributed by atoms with Crippen LogP contribution in [-0.2, 0) is 11.8 Å². The molecule has 0 amide bonds. The maximum atomic E-state index is 5.13. The van der Waals surface area contributed by atoms with Gasteiger partial charge in [-0.2, -0.15) is 0 Å². The Kier molecular flexibility index (Phi) is 13.6. The number of pyridine rings is 4. The number of rotatable bonds is 11. The number of para-hydroxylation sites is 2. The monoisotopic (exact) mass is 1360 g/mol. The smallest absolute Gasteiger partial charge is 0.251 e. The van der Waals surface area contributed by atoms with Gasteiger partial charge in [0.2, 0.25) is 0 Å². The third-order valence-corrected chi connectivity index (χ3v) is 31.5. The molecule has 8 nitrogen and oxygen atoms in total.